The molecular weight excluding hydrogens is 280 g/mol. The molecule has 1 amide bonds. The molecule has 0 saturated heterocycles. The van der Waals surface area contributed by atoms with Gasteiger partial charge in [-0.05, 0) is 20.2 Å². The van der Waals surface area contributed by atoms with Gasteiger partial charge in [0.2, 0.25) is 0 Å². The molecule has 2 rings (SSSR count). The van der Waals surface area contributed by atoms with Crippen molar-refractivity contribution >= 4 is 5.91 Å². The minimum Gasteiger partial charge on any atom is -0.496 e. The first-order chi connectivity index (χ1) is 10.5. The van der Waals surface area contributed by atoms with Gasteiger partial charge in [0.05, 0.1) is 24.9 Å². The van der Waals surface area contributed by atoms with E-state index in [2.05, 4.69) is 15.3 Å². The third-order valence-corrected chi connectivity index (χ3v) is 3.54. The van der Waals surface area contributed by atoms with Gasteiger partial charge < -0.3 is 15.0 Å². The minimum absolute atomic E-state index is 0.0248. The number of aryl methyl sites for hydroxylation is 1. The second-order valence-corrected chi connectivity index (χ2v) is 5.33. The number of likely N-dealkylation sites (N-methyl/N-ethyl adjacent to an activating group) is 1. The summed E-state index contributed by atoms with van der Waals surface area (Å²) in [4.78, 5) is 14.2. The fourth-order valence-corrected chi connectivity index (χ4v) is 2.34. The maximum absolute atomic E-state index is 12.2. The summed E-state index contributed by atoms with van der Waals surface area (Å²) in [6, 6.07) is 7.87. The summed E-state index contributed by atoms with van der Waals surface area (Å²) >= 11 is 0. The Morgan fingerprint density at radius 2 is 2.14 bits per heavy atom. The zero-order chi connectivity index (χ0) is 16.1. The van der Waals surface area contributed by atoms with Gasteiger partial charge in [-0.3, -0.25) is 9.48 Å². The van der Waals surface area contributed by atoms with E-state index in [0.717, 1.165) is 11.3 Å². The number of ether oxygens (including phenoxy) is 1. The molecule has 118 valence electrons. The molecular formula is C16H22N4O2. The number of benzene rings is 1. The van der Waals surface area contributed by atoms with Gasteiger partial charge in [0, 0.05) is 25.4 Å². The smallest absolute Gasteiger partial charge is 0.254 e. The molecule has 0 radical (unpaired) electrons. The van der Waals surface area contributed by atoms with Crippen LogP contribution >= 0.6 is 0 Å². The van der Waals surface area contributed by atoms with Crippen LogP contribution in [0.5, 0.6) is 5.75 Å². The van der Waals surface area contributed by atoms with E-state index in [-0.39, 0.29) is 11.9 Å². The minimum atomic E-state index is -0.130. The third-order valence-electron chi connectivity index (χ3n) is 3.54. The van der Waals surface area contributed by atoms with Gasteiger partial charge >= 0.3 is 0 Å². The van der Waals surface area contributed by atoms with Crippen molar-refractivity contribution in [1.29, 1.82) is 0 Å². The number of aromatic nitrogens is 2. The van der Waals surface area contributed by atoms with Crippen LogP contribution in [0.1, 0.15) is 22.0 Å². The van der Waals surface area contributed by atoms with Crippen molar-refractivity contribution in [2.45, 2.75) is 6.04 Å². The molecule has 0 saturated carbocycles. The Balaban J connectivity index is 2.11. The molecule has 0 aliphatic carbocycles. The van der Waals surface area contributed by atoms with Crippen molar-refractivity contribution in [3.05, 3.63) is 47.8 Å². The molecule has 2 aromatic rings. The molecule has 0 aliphatic rings. The van der Waals surface area contributed by atoms with Crippen LogP contribution in [0.3, 0.4) is 0 Å². The van der Waals surface area contributed by atoms with Crippen molar-refractivity contribution in [2.24, 2.45) is 7.05 Å². The molecule has 0 bridgehead atoms. The number of hydrogen-bond donors (Lipinski definition) is 1. The number of nitrogens with zero attached hydrogens (tertiary/aromatic N) is 3. The summed E-state index contributed by atoms with van der Waals surface area (Å²) < 4.78 is 7.03. The van der Waals surface area contributed by atoms with Crippen LogP contribution in [-0.2, 0) is 7.05 Å². The van der Waals surface area contributed by atoms with Crippen LogP contribution in [-0.4, -0.2) is 48.3 Å². The van der Waals surface area contributed by atoms with E-state index < -0.39 is 0 Å². The highest BCUT2D eigenvalue weighted by Gasteiger charge is 2.19. The van der Waals surface area contributed by atoms with E-state index in [1.165, 1.54) is 0 Å². The number of para-hydroxylation sites is 1. The van der Waals surface area contributed by atoms with Crippen molar-refractivity contribution in [2.75, 3.05) is 27.7 Å². The topological polar surface area (TPSA) is 59.4 Å². The molecule has 1 aromatic carbocycles. The highest BCUT2D eigenvalue weighted by atomic mass is 16.5. The number of methoxy groups -OCH3 is 1. The molecule has 0 aliphatic heterocycles. The maximum Gasteiger partial charge on any atom is 0.254 e. The summed E-state index contributed by atoms with van der Waals surface area (Å²) in [7, 11) is 7.40. The Labute approximate surface area is 130 Å². The van der Waals surface area contributed by atoms with Crippen LogP contribution in [0, 0.1) is 0 Å². The summed E-state index contributed by atoms with van der Waals surface area (Å²) in [5, 5.41) is 6.96. The number of nitrogens with one attached hydrogen (secondary N) is 1. The van der Waals surface area contributed by atoms with E-state index in [1.54, 1.807) is 31.2 Å². The van der Waals surface area contributed by atoms with Gasteiger partial charge in [0.1, 0.15) is 5.75 Å². The first-order valence-corrected chi connectivity index (χ1v) is 7.09. The molecule has 6 nitrogen and oxygen atoms in total. The van der Waals surface area contributed by atoms with Crippen molar-refractivity contribution in [3.8, 4) is 5.75 Å². The molecule has 1 aromatic heterocycles. The number of carbonyl (C=O) groups excluding carboxylic acids is 1. The van der Waals surface area contributed by atoms with E-state index in [9.17, 15) is 4.79 Å². The Hall–Kier alpha value is -2.34. The van der Waals surface area contributed by atoms with Gasteiger partial charge in [-0.1, -0.05) is 18.2 Å². The fourth-order valence-electron chi connectivity index (χ4n) is 2.34. The van der Waals surface area contributed by atoms with E-state index >= 15 is 0 Å². The number of rotatable bonds is 6. The quantitative estimate of drug-likeness (QED) is 0.877. The van der Waals surface area contributed by atoms with Crippen LogP contribution in [0.4, 0.5) is 0 Å². The predicted octanol–water partition coefficient (Wildman–Crippen LogP) is 1.46. The largest absolute Gasteiger partial charge is 0.496 e. The Morgan fingerprint density at radius 1 is 1.41 bits per heavy atom. The monoisotopic (exact) mass is 302 g/mol. The van der Waals surface area contributed by atoms with Gasteiger partial charge in [-0.15, -0.1) is 0 Å². The molecule has 22 heavy (non-hydrogen) atoms. The lowest BCUT2D eigenvalue weighted by Crippen LogP contribution is -2.34. The zero-order valence-corrected chi connectivity index (χ0v) is 13.4. The summed E-state index contributed by atoms with van der Waals surface area (Å²) in [5.41, 5.74) is 1.60. The Morgan fingerprint density at radius 3 is 2.73 bits per heavy atom. The van der Waals surface area contributed by atoms with E-state index in [1.807, 2.05) is 38.4 Å². The molecule has 0 fully saturated rings. The van der Waals surface area contributed by atoms with Crippen molar-refractivity contribution < 1.29 is 9.53 Å². The lowest BCUT2D eigenvalue weighted by molar-refractivity contribution is 0.0941. The van der Waals surface area contributed by atoms with Crippen LogP contribution in [0.15, 0.2) is 36.7 Å². The van der Waals surface area contributed by atoms with Gasteiger partial charge in [-0.25, -0.2) is 0 Å². The summed E-state index contributed by atoms with van der Waals surface area (Å²) in [5.74, 6) is 0.687. The first kappa shape index (κ1) is 16.0. The second kappa shape index (κ2) is 7.09. The predicted molar refractivity (Wildman–Crippen MR) is 85.0 cm³/mol. The first-order valence-electron chi connectivity index (χ1n) is 7.09. The summed E-state index contributed by atoms with van der Waals surface area (Å²) in [6.45, 7) is 0.487. The lowest BCUT2D eigenvalue weighted by Gasteiger charge is -2.26. The van der Waals surface area contributed by atoms with Gasteiger partial charge in [0.25, 0.3) is 5.91 Å². The lowest BCUT2D eigenvalue weighted by atomic mass is 10.0. The molecule has 0 spiro atoms. The second-order valence-electron chi connectivity index (χ2n) is 5.33. The van der Waals surface area contributed by atoms with Crippen molar-refractivity contribution in [1.82, 2.24) is 20.0 Å². The SMILES string of the molecule is COc1ccccc1C(CNC(=O)c1cnn(C)c1)N(C)C. The third kappa shape index (κ3) is 3.65. The zero-order valence-electron chi connectivity index (χ0n) is 13.4. The molecule has 1 unspecified atom stereocenters. The maximum atomic E-state index is 12.2. The van der Waals surface area contributed by atoms with Gasteiger partial charge in [0.15, 0.2) is 0 Å². The van der Waals surface area contributed by atoms with Crippen LogP contribution in [0.25, 0.3) is 0 Å². The Kier molecular flexibility index (Phi) is 5.16. The molecule has 1 heterocycles. The number of amides is 1. The average Bonchev–Trinajstić information content (AvgIpc) is 2.94. The van der Waals surface area contributed by atoms with Crippen molar-refractivity contribution in [3.63, 3.8) is 0 Å². The standard InChI is InChI=1S/C16H22N4O2/c1-19(2)14(13-7-5-6-8-15(13)22-4)10-17-16(21)12-9-18-20(3)11-12/h5-9,11,14H,10H2,1-4H3,(H,17,21). The Bertz CT molecular complexity index is 637. The average molecular weight is 302 g/mol. The van der Waals surface area contributed by atoms with Crippen LogP contribution in [0.2, 0.25) is 0 Å². The van der Waals surface area contributed by atoms with Gasteiger partial charge in [-0.2, -0.15) is 5.10 Å². The van der Waals surface area contributed by atoms with E-state index in [4.69, 9.17) is 4.74 Å². The summed E-state index contributed by atoms with van der Waals surface area (Å²) in [6.07, 6.45) is 3.26. The molecule has 1 atom stereocenters. The molecule has 1 N–H and O–H groups in total. The highest BCUT2D eigenvalue weighted by Crippen LogP contribution is 2.27. The highest BCUT2D eigenvalue weighted by molar-refractivity contribution is 5.93. The normalized spacial score (nSPS) is 12.2. The fraction of sp³-hybridized carbons (Fsp3) is 0.375. The van der Waals surface area contributed by atoms with Crippen LogP contribution < -0.4 is 10.1 Å². The van der Waals surface area contributed by atoms with E-state index in [0.29, 0.717) is 12.1 Å². The number of carbonyl (C=O) groups is 1. The number of hydrogen-bond acceptors (Lipinski definition) is 4. The molecule has 6 heteroatoms.